The minimum Gasteiger partial charge on any atom is -0.494 e. The Kier molecular flexibility index (Phi) is 10.9. The highest BCUT2D eigenvalue weighted by Crippen LogP contribution is 2.22. The number of anilines is 1. The molecular weight excluding hydrogens is 578 g/mol. The summed E-state index contributed by atoms with van der Waals surface area (Å²) in [5.74, 6) is -0.697. The van der Waals surface area contributed by atoms with Gasteiger partial charge in [-0.2, -0.15) is 0 Å². The van der Waals surface area contributed by atoms with Gasteiger partial charge in [-0.1, -0.05) is 91.0 Å². The number of carbonyl (C=O) groups excluding carboxylic acids is 2. The summed E-state index contributed by atoms with van der Waals surface area (Å²) in [6, 6.07) is 37.3. The average Bonchev–Trinajstić information content (AvgIpc) is 3.10. The Labute approximate surface area is 268 Å². The molecular formula is C38H35N3O5. The summed E-state index contributed by atoms with van der Waals surface area (Å²) < 4.78 is 5.96. The summed E-state index contributed by atoms with van der Waals surface area (Å²) >= 11 is 0. The number of amides is 1. The van der Waals surface area contributed by atoms with Crippen molar-refractivity contribution in [3.8, 4) is 5.75 Å². The Bertz CT molecular complexity index is 1730. The predicted octanol–water partition coefficient (Wildman–Crippen LogP) is 6.53. The van der Waals surface area contributed by atoms with Gasteiger partial charge in [0.2, 0.25) is 0 Å². The number of carboxylic acid groups (broad SMARTS) is 1. The van der Waals surface area contributed by atoms with E-state index in [0.717, 1.165) is 11.1 Å². The minimum absolute atomic E-state index is 0.137. The molecule has 0 aliphatic heterocycles. The number of carbonyl (C=O) groups is 3. The molecule has 8 nitrogen and oxygen atoms in total. The van der Waals surface area contributed by atoms with Gasteiger partial charge in [0, 0.05) is 42.5 Å². The lowest BCUT2D eigenvalue weighted by molar-refractivity contribution is -0.137. The van der Waals surface area contributed by atoms with Crippen LogP contribution >= 0.6 is 0 Å². The molecule has 0 radical (unpaired) electrons. The van der Waals surface area contributed by atoms with Crippen LogP contribution in [0.4, 0.5) is 5.69 Å². The Morgan fingerprint density at radius 2 is 1.43 bits per heavy atom. The lowest BCUT2D eigenvalue weighted by Crippen LogP contribution is -2.32. The summed E-state index contributed by atoms with van der Waals surface area (Å²) in [6.45, 7) is 1.35. The molecule has 0 aliphatic rings. The fraction of sp³-hybridized carbons (Fsp3) is 0.158. The van der Waals surface area contributed by atoms with Crippen molar-refractivity contribution in [3.63, 3.8) is 0 Å². The fourth-order valence-electron chi connectivity index (χ4n) is 5.05. The Hall–Kier alpha value is -5.76. The summed E-state index contributed by atoms with van der Waals surface area (Å²) in [4.78, 5) is 44.5. The van der Waals surface area contributed by atoms with Crippen LogP contribution in [0.2, 0.25) is 0 Å². The van der Waals surface area contributed by atoms with Crippen LogP contribution in [-0.4, -0.2) is 51.8 Å². The van der Waals surface area contributed by atoms with E-state index in [0.29, 0.717) is 54.4 Å². The van der Waals surface area contributed by atoms with E-state index in [4.69, 9.17) is 4.74 Å². The highest BCUT2D eigenvalue weighted by atomic mass is 16.5. The van der Waals surface area contributed by atoms with Crippen LogP contribution in [0.1, 0.15) is 44.0 Å². The second-order valence-corrected chi connectivity index (χ2v) is 10.8. The average molecular weight is 614 g/mol. The van der Waals surface area contributed by atoms with Crippen molar-refractivity contribution >= 4 is 23.3 Å². The number of benzene rings is 4. The zero-order chi connectivity index (χ0) is 32.1. The van der Waals surface area contributed by atoms with Gasteiger partial charge < -0.3 is 20.1 Å². The van der Waals surface area contributed by atoms with Crippen LogP contribution in [-0.2, 0) is 17.8 Å². The Balaban J connectivity index is 1.17. The van der Waals surface area contributed by atoms with E-state index < -0.39 is 12.0 Å². The van der Waals surface area contributed by atoms with E-state index in [1.54, 1.807) is 77.8 Å². The molecule has 0 bridgehead atoms. The van der Waals surface area contributed by atoms with Crippen molar-refractivity contribution in [2.75, 3.05) is 18.5 Å². The molecule has 1 amide bonds. The first-order valence-electron chi connectivity index (χ1n) is 15.1. The van der Waals surface area contributed by atoms with Gasteiger partial charge in [-0.25, -0.2) is 4.79 Å². The Morgan fingerprint density at radius 1 is 0.761 bits per heavy atom. The molecule has 0 fully saturated rings. The maximum absolute atomic E-state index is 13.2. The normalized spacial score (nSPS) is 11.3. The fourth-order valence-corrected chi connectivity index (χ4v) is 5.05. The smallest absolute Gasteiger partial charge is 0.326 e. The largest absolute Gasteiger partial charge is 0.494 e. The van der Waals surface area contributed by atoms with Crippen molar-refractivity contribution in [2.24, 2.45) is 0 Å². The van der Waals surface area contributed by atoms with Crippen LogP contribution < -0.4 is 10.1 Å². The molecule has 0 spiro atoms. The maximum atomic E-state index is 13.2. The highest BCUT2D eigenvalue weighted by Gasteiger charge is 2.22. The molecule has 1 aromatic heterocycles. The molecule has 5 aromatic rings. The number of nitrogens with one attached hydrogen (secondary N) is 1. The van der Waals surface area contributed by atoms with Crippen LogP contribution in [0, 0.1) is 0 Å². The Morgan fingerprint density at radius 3 is 2.13 bits per heavy atom. The van der Waals surface area contributed by atoms with E-state index in [1.807, 2.05) is 60.7 Å². The third kappa shape index (κ3) is 8.66. The number of aliphatic carboxylic acids is 1. The van der Waals surface area contributed by atoms with Gasteiger partial charge in [0.25, 0.3) is 5.91 Å². The number of para-hydroxylation sites is 1. The number of pyridine rings is 1. The molecule has 1 heterocycles. The summed E-state index contributed by atoms with van der Waals surface area (Å²) in [6.07, 6.45) is 2.42. The number of ketones is 1. The van der Waals surface area contributed by atoms with Crippen LogP contribution in [0.3, 0.4) is 0 Å². The molecule has 1 unspecified atom stereocenters. The molecule has 0 saturated carbocycles. The minimum atomic E-state index is -1.03. The van der Waals surface area contributed by atoms with Crippen molar-refractivity contribution < 1.29 is 24.2 Å². The molecule has 8 heteroatoms. The monoisotopic (exact) mass is 613 g/mol. The second-order valence-electron chi connectivity index (χ2n) is 10.8. The quantitative estimate of drug-likeness (QED) is 0.102. The summed E-state index contributed by atoms with van der Waals surface area (Å²) in [5.41, 5.74) is 3.63. The van der Waals surface area contributed by atoms with E-state index in [-0.39, 0.29) is 18.1 Å². The topological polar surface area (TPSA) is 109 Å². The SMILES string of the molecule is O=C(c1ccccc1)c1ccccc1NC(Cc1ccc(OCCCN(Cc2ccccc2)C(=O)c2ccccn2)cc1)C(=O)O. The van der Waals surface area contributed by atoms with Crippen LogP contribution in [0.25, 0.3) is 0 Å². The third-order valence-corrected chi connectivity index (χ3v) is 7.43. The van der Waals surface area contributed by atoms with E-state index >= 15 is 0 Å². The number of carboxylic acids is 1. The molecule has 1 atom stereocenters. The highest BCUT2D eigenvalue weighted by molar-refractivity contribution is 6.12. The van der Waals surface area contributed by atoms with Gasteiger partial charge in [-0.05, 0) is 53.9 Å². The van der Waals surface area contributed by atoms with Crippen molar-refractivity contribution in [3.05, 3.63) is 162 Å². The first-order chi connectivity index (χ1) is 22.5. The second kappa shape index (κ2) is 15.8. The lowest BCUT2D eigenvalue weighted by atomic mass is 10.00. The molecule has 0 aliphatic carbocycles. The number of hydrogen-bond acceptors (Lipinski definition) is 6. The molecule has 46 heavy (non-hydrogen) atoms. The maximum Gasteiger partial charge on any atom is 0.326 e. The van der Waals surface area contributed by atoms with Crippen molar-refractivity contribution in [1.29, 1.82) is 0 Å². The number of ether oxygens (including phenoxy) is 1. The number of aromatic nitrogens is 1. The summed E-state index contributed by atoms with van der Waals surface area (Å²) in [5, 5.41) is 13.0. The van der Waals surface area contributed by atoms with Gasteiger partial charge in [0.15, 0.2) is 5.78 Å². The van der Waals surface area contributed by atoms with Gasteiger partial charge in [-0.15, -0.1) is 0 Å². The van der Waals surface area contributed by atoms with Crippen molar-refractivity contribution in [2.45, 2.75) is 25.4 Å². The molecule has 4 aromatic carbocycles. The molecule has 5 rings (SSSR count). The summed E-state index contributed by atoms with van der Waals surface area (Å²) in [7, 11) is 0. The van der Waals surface area contributed by atoms with E-state index in [1.165, 1.54) is 0 Å². The van der Waals surface area contributed by atoms with Gasteiger partial charge in [-0.3, -0.25) is 14.6 Å². The number of rotatable bonds is 15. The number of nitrogens with zero attached hydrogens (tertiary/aromatic N) is 2. The van der Waals surface area contributed by atoms with E-state index in [9.17, 15) is 19.5 Å². The van der Waals surface area contributed by atoms with Crippen LogP contribution in [0.5, 0.6) is 5.75 Å². The molecule has 2 N–H and O–H groups in total. The standard InChI is InChI=1S/C38H35N3O5/c42-36(30-14-5-2-6-15-30)32-16-7-8-17-33(32)40-35(38(44)45)26-28-19-21-31(22-20-28)46-25-11-24-41(27-29-12-3-1-4-13-29)37(43)34-18-9-10-23-39-34/h1-10,12-23,35,40H,11,24-27H2,(H,44,45). The predicted molar refractivity (Wildman–Crippen MR) is 177 cm³/mol. The van der Waals surface area contributed by atoms with Gasteiger partial charge in [0.1, 0.15) is 17.5 Å². The van der Waals surface area contributed by atoms with E-state index in [2.05, 4.69) is 10.3 Å². The number of hydrogen-bond donors (Lipinski definition) is 2. The first-order valence-corrected chi connectivity index (χ1v) is 15.1. The first kappa shape index (κ1) is 31.7. The zero-order valence-electron chi connectivity index (χ0n) is 25.3. The van der Waals surface area contributed by atoms with Gasteiger partial charge >= 0.3 is 5.97 Å². The zero-order valence-corrected chi connectivity index (χ0v) is 25.3. The van der Waals surface area contributed by atoms with Gasteiger partial charge in [0.05, 0.1) is 6.61 Å². The molecule has 0 saturated heterocycles. The van der Waals surface area contributed by atoms with Crippen molar-refractivity contribution in [1.82, 2.24) is 9.88 Å². The third-order valence-electron chi connectivity index (χ3n) is 7.43. The lowest BCUT2D eigenvalue weighted by Gasteiger charge is -2.22. The molecule has 232 valence electrons. The van der Waals surface area contributed by atoms with Crippen LogP contribution in [0.15, 0.2) is 134 Å².